The Kier molecular flexibility index (Phi) is 15.0. The summed E-state index contributed by atoms with van der Waals surface area (Å²) in [6.45, 7) is 0.221. The Bertz CT molecular complexity index is 2340. The van der Waals surface area contributed by atoms with Gasteiger partial charge in [-0.1, -0.05) is 22.2 Å². The molecular weight excluding hydrogens is 871 g/mol. The third kappa shape index (κ3) is 10.5. The quantitative estimate of drug-likeness (QED) is 0.0251. The highest BCUT2D eigenvalue weighted by Crippen LogP contribution is 2.38. The average molecular weight is 904 g/mol. The molecule has 59 heavy (non-hydrogen) atoms. The Labute approximate surface area is 343 Å². The lowest BCUT2D eigenvalue weighted by atomic mass is 9.99. The number of nitrogens with one attached hydrogen (secondary N) is 1. The highest BCUT2D eigenvalue weighted by Gasteiger charge is 2.42. The zero-order valence-electron chi connectivity index (χ0n) is 30.3. The van der Waals surface area contributed by atoms with E-state index in [4.69, 9.17) is 15.3 Å². The first-order valence-corrected chi connectivity index (χ1v) is 20.9. The van der Waals surface area contributed by atoms with Gasteiger partial charge in [0.25, 0.3) is 32.1 Å². The van der Waals surface area contributed by atoms with Gasteiger partial charge in [0.05, 0.1) is 41.4 Å². The molecule has 0 spiro atoms. The molecule has 24 nitrogen and oxygen atoms in total. The van der Waals surface area contributed by atoms with E-state index in [1.165, 1.54) is 49.4 Å². The van der Waals surface area contributed by atoms with E-state index in [9.17, 15) is 45.4 Å². The van der Waals surface area contributed by atoms with Crippen LogP contribution in [-0.4, -0.2) is 109 Å². The van der Waals surface area contributed by atoms with Crippen LogP contribution in [0.25, 0.3) is 0 Å². The molecule has 0 saturated carbocycles. The van der Waals surface area contributed by atoms with Crippen molar-refractivity contribution >= 4 is 91.4 Å². The molecule has 0 aliphatic carbocycles. The number of allylic oxidation sites excluding steroid dienone is 2. The first-order chi connectivity index (χ1) is 28.0. The molecule has 2 aromatic carbocycles. The smallest absolute Gasteiger partial charge is 0.296 e. The van der Waals surface area contributed by atoms with Crippen LogP contribution in [0.2, 0.25) is 0 Å². The van der Waals surface area contributed by atoms with E-state index in [0.717, 1.165) is 35.7 Å². The van der Waals surface area contributed by atoms with Gasteiger partial charge in [0.2, 0.25) is 11.8 Å². The topological polar surface area (TPSA) is 326 Å². The number of aliphatic hydroxyl groups excluding tert-OH is 1. The number of aliphatic hydroxyl groups is 1. The Morgan fingerprint density at radius 1 is 0.983 bits per heavy atom. The van der Waals surface area contributed by atoms with Crippen molar-refractivity contribution < 1.29 is 79.4 Å². The molecule has 3 amide bonds. The van der Waals surface area contributed by atoms with Crippen molar-refractivity contribution in [3.05, 3.63) is 60.3 Å². The summed E-state index contributed by atoms with van der Waals surface area (Å²) in [6, 6.07) is 6.48. The normalized spacial score (nSPS) is 20.4. The van der Waals surface area contributed by atoms with Crippen molar-refractivity contribution in [3.8, 4) is 0 Å². The predicted octanol–water partition coefficient (Wildman–Crippen LogP) is 2.00. The molecule has 28 heteroatoms. The van der Waals surface area contributed by atoms with E-state index in [2.05, 4.69) is 39.3 Å². The monoisotopic (exact) mass is 903 g/mol. The van der Waals surface area contributed by atoms with Crippen molar-refractivity contribution in [3.63, 3.8) is 0 Å². The van der Waals surface area contributed by atoms with Crippen LogP contribution in [0.1, 0.15) is 19.3 Å². The number of carbonyl (C=O) groups excluding carboxylic acids is 3. The van der Waals surface area contributed by atoms with Crippen LogP contribution < -0.4 is 15.3 Å². The number of anilines is 2. The minimum Gasteiger partial charge on any atom is -0.429 e. The predicted molar refractivity (Wildman–Crippen MR) is 204 cm³/mol. The summed E-state index contributed by atoms with van der Waals surface area (Å²) in [5.74, 6) is -4.87. The van der Waals surface area contributed by atoms with Gasteiger partial charge in [0, 0.05) is 42.5 Å². The van der Waals surface area contributed by atoms with Crippen molar-refractivity contribution in [1.82, 2.24) is 10.2 Å². The van der Waals surface area contributed by atoms with Crippen LogP contribution in [0.15, 0.2) is 95.1 Å². The summed E-state index contributed by atoms with van der Waals surface area (Å²) < 4.78 is 83.5. The van der Waals surface area contributed by atoms with Gasteiger partial charge in [-0.05, 0) is 55.3 Å². The van der Waals surface area contributed by atoms with E-state index in [0.29, 0.717) is 35.5 Å². The molecule has 3 atom stereocenters. The van der Waals surface area contributed by atoms with E-state index in [1.54, 1.807) is 0 Å². The maximum atomic E-state index is 14.0. The molecule has 0 aromatic heterocycles. The van der Waals surface area contributed by atoms with Crippen molar-refractivity contribution in [1.29, 1.82) is 0 Å². The second-order valence-electron chi connectivity index (χ2n) is 12.0. The molecule has 1 fully saturated rings. The van der Waals surface area contributed by atoms with Gasteiger partial charge in [-0.3, -0.25) is 28.5 Å². The van der Waals surface area contributed by atoms with Crippen LogP contribution in [0, 0.1) is 11.8 Å². The summed E-state index contributed by atoms with van der Waals surface area (Å²) in [4.78, 5) is 44.0. The summed E-state index contributed by atoms with van der Waals surface area (Å²) in [5.41, 5.74) is -1.000. The zero-order valence-corrected chi connectivity index (χ0v) is 33.6. The summed E-state index contributed by atoms with van der Waals surface area (Å²) in [7, 11) is -7.26. The van der Waals surface area contributed by atoms with Gasteiger partial charge in [0.15, 0.2) is 12.6 Å². The Balaban J connectivity index is 1.53. The van der Waals surface area contributed by atoms with E-state index < -0.39 is 71.3 Å². The van der Waals surface area contributed by atoms with Gasteiger partial charge in [0.1, 0.15) is 21.4 Å². The molecule has 6 N–H and O–H groups in total. The van der Waals surface area contributed by atoms with Crippen LogP contribution in [-0.2, 0) is 58.1 Å². The fourth-order valence-corrected chi connectivity index (χ4v) is 8.01. The Morgan fingerprint density at radius 3 is 2.14 bits per heavy atom. The minimum atomic E-state index is -4.95. The van der Waals surface area contributed by atoms with Gasteiger partial charge < -0.3 is 20.1 Å². The highest BCUT2D eigenvalue weighted by atomic mass is 32.2. The van der Waals surface area contributed by atoms with Crippen LogP contribution >= 0.6 is 24.1 Å². The molecule has 3 heterocycles. The number of amides is 3. The molecule has 1 saturated heterocycles. The first kappa shape index (κ1) is 45.3. The number of rotatable bonds is 17. The number of carbonyl (C=O) groups is 3. The summed E-state index contributed by atoms with van der Waals surface area (Å²) in [5, 5.41) is 48.0. The number of benzene rings is 2. The van der Waals surface area contributed by atoms with Crippen LogP contribution in [0.5, 0.6) is 0 Å². The van der Waals surface area contributed by atoms with E-state index in [-0.39, 0.29) is 52.4 Å². The van der Waals surface area contributed by atoms with Crippen molar-refractivity contribution in [2.75, 3.05) is 30.7 Å². The Morgan fingerprint density at radius 2 is 1.59 bits per heavy atom. The second kappa shape index (κ2) is 19.5. The molecule has 2 aromatic rings. The SMILES string of the molecule is CN=COC1=NN(c2cc(SOOO)ccc2S(=O)(=O)O)C(=O)C1CC=C(C=CC1C(C(=O)NC)=NN(c2cc(SOOO)ccc2S(=O)(=O)O)C1O)N1CCCC1=O. The number of likely N-dealkylation sites (tertiary alicyclic amines) is 1. The van der Waals surface area contributed by atoms with Gasteiger partial charge in [-0.25, -0.2) is 15.5 Å². The fourth-order valence-electron chi connectivity index (χ4n) is 5.92. The van der Waals surface area contributed by atoms with Crippen LogP contribution in [0.4, 0.5) is 11.4 Å². The maximum Gasteiger partial charge on any atom is 0.296 e. The summed E-state index contributed by atoms with van der Waals surface area (Å²) >= 11 is 0.855. The third-order valence-electron chi connectivity index (χ3n) is 8.48. The highest BCUT2D eigenvalue weighted by molar-refractivity contribution is 7.94. The molecule has 0 radical (unpaired) electrons. The fraction of sp³-hybridized carbons (Fsp3) is 0.290. The molecule has 5 rings (SSSR count). The largest absolute Gasteiger partial charge is 0.429 e. The molecular formula is C31H33N7O17S4. The standard InChI is InChI=1S/C31H33N7O17S4/c1-32-16-51-29-21(31(42)38(35-29)23-15-19(57-55-53-44)8-12-25(23)59(48,49)50)10-6-17(36-13-3-4-26(36)39)5-9-20-27(28(40)33-2)34-37(30(20)41)22-14-18(56-54-52-43)7-11-24(22)58(45,46)47/h5-9,11-12,14-16,20-21,30,41,43-44H,3-4,10,13H2,1-2H3,(H,33,40)(H,45,46,47)(H,48,49,50). The molecule has 3 aliphatic heterocycles. The molecule has 3 aliphatic rings. The lowest BCUT2D eigenvalue weighted by molar-refractivity contribution is -0.432. The first-order valence-electron chi connectivity index (χ1n) is 16.5. The lowest BCUT2D eigenvalue weighted by Crippen LogP contribution is -2.37. The number of aliphatic imine (C=N–C) groups is 1. The second-order valence-corrected chi connectivity index (χ2v) is 16.3. The van der Waals surface area contributed by atoms with Crippen molar-refractivity contribution in [2.24, 2.45) is 27.0 Å². The van der Waals surface area contributed by atoms with E-state index >= 15 is 0 Å². The van der Waals surface area contributed by atoms with E-state index in [1.807, 2.05) is 0 Å². The minimum absolute atomic E-state index is 0.101. The maximum absolute atomic E-state index is 14.0. The van der Waals surface area contributed by atoms with Crippen LogP contribution in [0.3, 0.4) is 0 Å². The number of hydrogen-bond donors (Lipinski definition) is 6. The van der Waals surface area contributed by atoms with Gasteiger partial charge in [-0.15, -0.1) is 13.8 Å². The molecule has 3 unspecified atom stereocenters. The number of hydrogen-bond acceptors (Lipinski definition) is 21. The number of hydrazone groups is 2. The molecule has 0 bridgehead atoms. The molecule has 318 valence electrons. The third-order valence-corrected chi connectivity index (χ3v) is 11.4. The van der Waals surface area contributed by atoms with Gasteiger partial charge >= 0.3 is 0 Å². The lowest BCUT2D eigenvalue weighted by Gasteiger charge is -2.24. The number of nitrogens with zero attached hydrogens (tertiary/aromatic N) is 6. The zero-order chi connectivity index (χ0) is 43.1. The summed E-state index contributed by atoms with van der Waals surface area (Å²) in [6.07, 6.45) is 3.62. The average Bonchev–Trinajstić information content (AvgIpc) is 3.87. The van der Waals surface area contributed by atoms with Crippen molar-refractivity contribution in [2.45, 2.75) is 45.1 Å². The number of ether oxygens (including phenoxy) is 1. The Hall–Kier alpha value is -4.82. The van der Waals surface area contributed by atoms with Gasteiger partial charge in [-0.2, -0.15) is 26.9 Å².